The van der Waals surface area contributed by atoms with Gasteiger partial charge in [0.15, 0.2) is 28.6 Å². The maximum atomic E-state index is 14.9. The number of aromatic nitrogens is 4. The summed E-state index contributed by atoms with van der Waals surface area (Å²) in [4.78, 5) is 112. The van der Waals surface area contributed by atoms with E-state index in [2.05, 4.69) is 50.2 Å². The van der Waals surface area contributed by atoms with E-state index in [9.17, 15) is 46.7 Å². The summed E-state index contributed by atoms with van der Waals surface area (Å²) in [6, 6.07) is 60.9. The number of pyridine rings is 4. The van der Waals surface area contributed by atoms with Gasteiger partial charge in [0.25, 0.3) is 17.7 Å². The van der Waals surface area contributed by atoms with Gasteiger partial charge in [0.05, 0.1) is 57.8 Å². The highest BCUT2D eigenvalue weighted by molar-refractivity contribution is 7.15. The number of amides is 4. The second kappa shape index (κ2) is 34.1. The van der Waals surface area contributed by atoms with Crippen LogP contribution in [0.4, 0.5) is 18.0 Å². The lowest BCUT2D eigenvalue weighted by Gasteiger charge is -2.51. The summed E-state index contributed by atoms with van der Waals surface area (Å²) >= 11 is 4.82. The number of morpholine rings is 3. The zero-order valence-electron chi connectivity index (χ0n) is 70.4. The van der Waals surface area contributed by atoms with Crippen molar-refractivity contribution in [2.24, 2.45) is 0 Å². The Morgan fingerprint density at radius 3 is 1.11 bits per heavy atom. The third-order valence-corrected chi connectivity index (χ3v) is 28.7. The Balaban J connectivity index is 0.000000115. The summed E-state index contributed by atoms with van der Waals surface area (Å²) < 4.78 is 85.7. The highest BCUT2D eigenvalue weighted by Gasteiger charge is 2.52. The lowest BCUT2D eigenvalue weighted by molar-refractivity contribution is -0.0198. The van der Waals surface area contributed by atoms with Crippen LogP contribution < -0.4 is 45.5 Å². The smallest absolute Gasteiger partial charge is 0.415 e. The average Bonchev–Trinajstić information content (AvgIpc) is 1.71. The predicted molar refractivity (Wildman–Crippen MR) is 489 cm³/mol. The van der Waals surface area contributed by atoms with Gasteiger partial charge in [0, 0.05) is 126 Å². The normalized spacial score (nSPS) is 19.4. The van der Waals surface area contributed by atoms with Crippen LogP contribution in [0.25, 0.3) is 64.7 Å². The van der Waals surface area contributed by atoms with Crippen molar-refractivity contribution in [1.29, 1.82) is 0 Å². The molecule has 4 saturated heterocycles. The molecule has 7 aromatic carbocycles. The largest absolute Gasteiger partial charge is 0.482 e. The van der Waals surface area contributed by atoms with E-state index in [1.165, 1.54) is 36.4 Å². The molecule has 0 spiro atoms. The number of hydrogen-bond donors (Lipinski definition) is 0. The van der Waals surface area contributed by atoms with Crippen molar-refractivity contribution in [1.82, 2.24) is 43.5 Å². The highest BCUT2D eigenvalue weighted by atomic mass is 32.1. The number of fused-ring (bicyclic) bond motifs is 21. The van der Waals surface area contributed by atoms with E-state index in [-0.39, 0.29) is 114 Å². The third-order valence-electron chi connectivity index (χ3n) is 25.9. The molecule has 658 valence electrons. The van der Waals surface area contributed by atoms with E-state index in [0.29, 0.717) is 59.1 Å². The van der Waals surface area contributed by atoms with Crippen LogP contribution in [0.1, 0.15) is 94.1 Å². The minimum absolute atomic E-state index is 0.00615. The van der Waals surface area contributed by atoms with E-state index >= 15 is 0 Å². The van der Waals surface area contributed by atoms with E-state index in [4.69, 9.17) is 28.4 Å². The molecule has 14 heterocycles. The molecular weight excluding hydrogens is 1730 g/mol. The number of benzene rings is 7. The molecule has 6 atom stereocenters. The Hall–Kier alpha value is -14.1. The van der Waals surface area contributed by atoms with Crippen molar-refractivity contribution in [3.63, 3.8) is 0 Å². The first-order valence-corrected chi connectivity index (χ1v) is 45.8. The van der Waals surface area contributed by atoms with Gasteiger partial charge >= 0.3 is 6.09 Å². The van der Waals surface area contributed by atoms with Crippen molar-refractivity contribution in [3.8, 4) is 82.0 Å². The summed E-state index contributed by atoms with van der Waals surface area (Å²) in [7, 11) is 1.98. The SMILES string of the molecule is CN1CCN(C(=O)Oc2c3n(ccc2=O)N(C2c4ccc(F)cc4-c4ccsc4-c4ccccc42)[C@@H]2COCCN2C3=O)CC1.O=C1c2c(OCc3ccccc3)c(=O)ccn2N(C2c3ccc(F)cc3-c3ccsc3-c3ccccc32)[C@@H]2COCCN12.O=C1c2c(OCc3ccncc3)c(=O)ccn2N(C2c3ccc(F)cc3-c3ccsc3-c3ccccc32)[C@@H]2COCCN12. The molecule has 14 aromatic rings. The number of likely N-dealkylation sites (N-methyl/N-ethyl adjacent to an activating group) is 1. The monoisotopic (exact) mass is 1810 g/mol. The van der Waals surface area contributed by atoms with Gasteiger partial charge in [0.1, 0.15) is 49.2 Å². The zero-order chi connectivity index (χ0) is 89.0. The Bertz CT molecular complexity index is 6820. The van der Waals surface area contributed by atoms with E-state index in [0.717, 1.165) is 109 Å². The summed E-state index contributed by atoms with van der Waals surface area (Å²) in [6.07, 6.45) is 5.94. The Labute approximate surface area is 759 Å². The fourth-order valence-corrected chi connectivity index (χ4v) is 22.7. The molecule has 4 amide bonds. The Morgan fingerprint density at radius 2 is 0.725 bits per heavy atom. The fourth-order valence-electron chi connectivity index (χ4n) is 19.8. The summed E-state index contributed by atoms with van der Waals surface area (Å²) in [6.45, 7) is 5.33. The molecule has 0 saturated carbocycles. The molecular formula is C100H81F3N12O13S3. The molecule has 31 heteroatoms. The van der Waals surface area contributed by atoms with E-state index in [1.54, 1.807) is 135 Å². The first kappa shape index (κ1) is 82.6. The molecule has 3 aliphatic carbocycles. The quantitative estimate of drug-likeness (QED) is 0.124. The zero-order valence-corrected chi connectivity index (χ0v) is 72.8. The van der Waals surface area contributed by atoms with Gasteiger partial charge in [-0.1, -0.05) is 121 Å². The van der Waals surface area contributed by atoms with Gasteiger partial charge < -0.3 is 52.9 Å². The van der Waals surface area contributed by atoms with Crippen LogP contribution in [0.3, 0.4) is 0 Å². The minimum atomic E-state index is -0.664. The Kier molecular flexibility index (Phi) is 21.5. The molecule has 25 nitrogen and oxygen atoms in total. The second-order valence-electron chi connectivity index (χ2n) is 33.1. The number of rotatable bonds is 10. The Morgan fingerprint density at radius 1 is 0.382 bits per heavy atom. The predicted octanol–water partition coefficient (Wildman–Crippen LogP) is 15.0. The molecule has 0 radical (unpaired) electrons. The van der Waals surface area contributed by atoms with Gasteiger partial charge in [-0.3, -0.25) is 62.8 Å². The van der Waals surface area contributed by atoms with Gasteiger partial charge in [-0.2, -0.15) is 0 Å². The number of carbonyl (C=O) groups is 4. The van der Waals surface area contributed by atoms with E-state index < -0.39 is 54.1 Å². The first-order chi connectivity index (χ1) is 64.1. The van der Waals surface area contributed by atoms with Crippen molar-refractivity contribution < 1.29 is 60.8 Å². The summed E-state index contributed by atoms with van der Waals surface area (Å²) in [5.74, 6) is -2.32. The number of piperazine rings is 1. The van der Waals surface area contributed by atoms with Gasteiger partial charge in [-0.25, -0.2) is 18.0 Å². The average molecular weight is 1810 g/mol. The van der Waals surface area contributed by atoms with Crippen LogP contribution in [0.2, 0.25) is 0 Å². The molecule has 10 aliphatic rings. The lowest BCUT2D eigenvalue weighted by atomic mass is 9.92. The molecule has 7 aromatic heterocycles. The van der Waals surface area contributed by atoms with Crippen molar-refractivity contribution >= 4 is 57.8 Å². The van der Waals surface area contributed by atoms with Crippen LogP contribution in [-0.4, -0.2) is 178 Å². The molecule has 0 N–H and O–H groups in total. The maximum absolute atomic E-state index is 14.9. The van der Waals surface area contributed by atoms with E-state index in [1.807, 2.05) is 131 Å². The highest BCUT2D eigenvalue weighted by Crippen LogP contribution is 2.55. The van der Waals surface area contributed by atoms with Gasteiger partial charge in [0.2, 0.25) is 22.0 Å². The number of thiophene rings is 3. The van der Waals surface area contributed by atoms with Crippen LogP contribution in [-0.2, 0) is 27.4 Å². The number of hydrogen-bond acceptors (Lipinski definition) is 21. The van der Waals surface area contributed by atoms with Gasteiger partial charge in [-0.05, 0) is 168 Å². The summed E-state index contributed by atoms with van der Waals surface area (Å²) in [5, 5.41) is 12.3. The third kappa shape index (κ3) is 14.3. The molecule has 24 rings (SSSR count). The fraction of sp³-hybridized carbons (Fsp3) is 0.220. The second-order valence-corrected chi connectivity index (χ2v) is 35.9. The van der Waals surface area contributed by atoms with Crippen LogP contribution in [0, 0.1) is 17.5 Å². The van der Waals surface area contributed by atoms with Crippen LogP contribution >= 0.6 is 34.0 Å². The minimum Gasteiger partial charge on any atom is -0.482 e. The maximum Gasteiger partial charge on any atom is 0.415 e. The van der Waals surface area contributed by atoms with Crippen LogP contribution in [0.15, 0.2) is 268 Å². The molecule has 131 heavy (non-hydrogen) atoms. The molecule has 4 fully saturated rings. The van der Waals surface area contributed by atoms with Crippen LogP contribution in [0.5, 0.6) is 17.2 Å². The number of ether oxygens (including phenoxy) is 6. The number of carbonyl (C=O) groups excluding carboxylic acids is 4. The lowest BCUT2D eigenvalue weighted by Crippen LogP contribution is -2.66. The molecule has 3 unspecified atom stereocenters. The first-order valence-electron chi connectivity index (χ1n) is 43.1. The van der Waals surface area contributed by atoms with Crippen molar-refractivity contribution in [3.05, 3.63) is 363 Å². The van der Waals surface area contributed by atoms with Crippen molar-refractivity contribution in [2.45, 2.75) is 49.8 Å². The van der Waals surface area contributed by atoms with Gasteiger partial charge in [-0.15, -0.1) is 34.0 Å². The van der Waals surface area contributed by atoms with Crippen molar-refractivity contribution in [2.75, 3.05) is 108 Å². The number of halogens is 3. The standard InChI is InChI=1S/C34H26FN3O4S.C33H30FN5O5S.C33H25FN4O4S/c35-22-10-11-24-27(18-22)26-13-17-43-33(26)25-9-5-4-8-23(25)30(24)38-29-20-41-16-15-36(29)34(40)31-32(28(39)12-14-37(31)38)42-19-21-6-2-1-3-7-21;1-35-11-13-36(14-12-35)33(42)44-30-26(40)8-10-38-29(30)32(41)37-15-16-43-19-27(37)39(38)28-21-4-2-3-5-23(21)31-24(9-17-45-31)25-18-20(34)6-7-22(25)28;34-21-5-6-23-26(17-21)25-10-16-43-32(25)24-4-2-1-3-22(24)29(23)38-28-19-41-15-14-36(28)33(40)30-31(27(39)9-13-37(30)38)42-18-20-7-11-35-12-8-20/h1-14,17-18,29-30H,15-16,19-20H2;2-10,17-18,27-28H,11-16,19H2,1H3;1-13,16-17,28-29H,14-15,18-19H2/t29-,30?;27-,28?;28-,29?/m111/s1. The summed E-state index contributed by atoms with van der Waals surface area (Å²) in [5.41, 5.74) is 14.5. The number of nitrogens with zero attached hydrogens (tertiary/aromatic N) is 12. The molecule has 7 aliphatic heterocycles. The topological polar surface area (TPSA) is 228 Å². The molecule has 0 bridgehead atoms.